The van der Waals surface area contributed by atoms with Gasteiger partial charge in [0.2, 0.25) is 0 Å². The third-order valence-electron chi connectivity index (χ3n) is 7.35. The highest BCUT2D eigenvalue weighted by Gasteiger charge is 2.17. The van der Waals surface area contributed by atoms with Gasteiger partial charge in [-0.15, -0.1) is 0 Å². The number of benzene rings is 3. The highest BCUT2D eigenvalue weighted by molar-refractivity contribution is 6.76. The van der Waals surface area contributed by atoms with Crippen LogP contribution in [0.2, 0.25) is 30.7 Å². The van der Waals surface area contributed by atoms with Gasteiger partial charge in [0.15, 0.2) is 0 Å². The number of methoxy groups -OCH3 is 3. The molecule has 230 valence electrons. The Morgan fingerprint density at radius 2 is 1.73 bits per heavy atom. The van der Waals surface area contributed by atoms with Crippen LogP contribution in [0.3, 0.4) is 0 Å². The summed E-state index contributed by atoms with van der Waals surface area (Å²) < 4.78 is 24.3. The second-order valence-corrected chi connectivity index (χ2v) is 17.7. The summed E-state index contributed by atoms with van der Waals surface area (Å²) in [6, 6.07) is 16.8. The number of ether oxygens (including phenoxy) is 4. The highest BCUT2D eigenvalue weighted by atomic mass is 35.5. The zero-order chi connectivity index (χ0) is 31.3. The van der Waals surface area contributed by atoms with Gasteiger partial charge in [-0.05, 0) is 53.6 Å². The Balaban J connectivity index is 1.42. The summed E-state index contributed by atoms with van der Waals surface area (Å²) in [5.74, 6) is 2.06. The molecule has 0 aliphatic heterocycles. The van der Waals surface area contributed by atoms with E-state index in [1.807, 2.05) is 53.2 Å². The van der Waals surface area contributed by atoms with Gasteiger partial charge in [-0.3, -0.25) is 0 Å². The van der Waals surface area contributed by atoms with Crippen molar-refractivity contribution in [3.63, 3.8) is 0 Å². The van der Waals surface area contributed by atoms with Crippen LogP contribution in [0, 0.1) is 0 Å². The first-order valence-electron chi connectivity index (χ1n) is 14.4. The van der Waals surface area contributed by atoms with Crippen LogP contribution < -0.4 is 19.5 Å². The fourth-order valence-corrected chi connectivity index (χ4v) is 5.83. The number of fused-ring (bicyclic) bond motifs is 1. The van der Waals surface area contributed by atoms with E-state index in [0.29, 0.717) is 24.0 Å². The first-order chi connectivity index (χ1) is 21.2. The van der Waals surface area contributed by atoms with E-state index >= 15 is 0 Å². The van der Waals surface area contributed by atoms with E-state index in [0.717, 1.165) is 68.7 Å². The molecule has 9 nitrogen and oxygen atoms in total. The first-order valence-corrected chi connectivity index (χ1v) is 18.5. The summed E-state index contributed by atoms with van der Waals surface area (Å²) in [6.07, 6.45) is 5.50. The molecule has 0 unspecified atom stereocenters. The Morgan fingerprint density at radius 1 is 0.909 bits per heavy atom. The van der Waals surface area contributed by atoms with Crippen LogP contribution in [0.5, 0.6) is 17.2 Å². The molecule has 5 rings (SSSR count). The summed E-state index contributed by atoms with van der Waals surface area (Å²) in [5.41, 5.74) is 6.12. The standard InChI is InChI=1S/C33H38ClN5O4Si/c1-40-24-9-7-23(32(14-24)41-2)17-35-30-18-37-38-29-13-22(8-10-25(29)30)26-15-28(34)33(42-3)16-27(26)31-19-39(20-36-31)21-43-11-12-44(4,5)6/h7-10,13-16,18-20H,11-12,17,21H2,1-6H3,(H,35,38). The maximum atomic E-state index is 6.63. The van der Waals surface area contributed by atoms with E-state index in [-0.39, 0.29) is 0 Å². The quantitative estimate of drug-likeness (QED) is 0.104. The lowest BCUT2D eigenvalue weighted by Crippen LogP contribution is -2.21. The third-order valence-corrected chi connectivity index (χ3v) is 9.35. The van der Waals surface area contributed by atoms with E-state index in [1.54, 1.807) is 33.9 Å². The number of anilines is 1. The number of halogens is 1. The molecular formula is C33H38ClN5O4Si. The van der Waals surface area contributed by atoms with Crippen molar-refractivity contribution in [1.29, 1.82) is 0 Å². The van der Waals surface area contributed by atoms with Gasteiger partial charge in [0, 0.05) is 50.0 Å². The van der Waals surface area contributed by atoms with E-state index < -0.39 is 8.07 Å². The van der Waals surface area contributed by atoms with Gasteiger partial charge in [-0.2, -0.15) is 10.2 Å². The largest absolute Gasteiger partial charge is 0.497 e. The SMILES string of the molecule is COc1ccc(CNc2cnnc3cc(-c4cc(Cl)c(OC)cc4-c4cn(COCC[Si](C)(C)C)cn4)ccc23)c(OC)c1. The van der Waals surface area contributed by atoms with Crippen molar-refractivity contribution >= 4 is 36.3 Å². The van der Waals surface area contributed by atoms with Crippen LogP contribution in [0.15, 0.2) is 67.3 Å². The number of rotatable bonds is 13. The minimum atomic E-state index is -1.15. The van der Waals surface area contributed by atoms with Gasteiger partial charge in [-0.1, -0.05) is 37.3 Å². The van der Waals surface area contributed by atoms with Gasteiger partial charge in [0.25, 0.3) is 0 Å². The zero-order valence-electron chi connectivity index (χ0n) is 26.0. The van der Waals surface area contributed by atoms with Gasteiger partial charge in [-0.25, -0.2) is 4.98 Å². The van der Waals surface area contributed by atoms with Crippen LogP contribution in [0.1, 0.15) is 5.56 Å². The Kier molecular flexibility index (Phi) is 9.73. The van der Waals surface area contributed by atoms with Crippen LogP contribution in [-0.2, 0) is 18.0 Å². The normalized spacial score (nSPS) is 11.5. The topological polar surface area (TPSA) is 92.5 Å². The molecule has 3 aromatic carbocycles. The molecule has 1 N–H and O–H groups in total. The number of hydrogen-bond acceptors (Lipinski definition) is 8. The molecule has 0 aliphatic carbocycles. The summed E-state index contributed by atoms with van der Waals surface area (Å²) in [4.78, 5) is 4.70. The summed E-state index contributed by atoms with van der Waals surface area (Å²) >= 11 is 6.63. The van der Waals surface area contributed by atoms with Crippen LogP contribution in [-0.4, -0.2) is 55.8 Å². The van der Waals surface area contributed by atoms with E-state index in [9.17, 15) is 0 Å². The van der Waals surface area contributed by atoms with E-state index in [2.05, 4.69) is 41.2 Å². The third kappa shape index (κ3) is 7.32. The number of nitrogens with one attached hydrogen (secondary N) is 1. The van der Waals surface area contributed by atoms with Crippen LogP contribution in [0.25, 0.3) is 33.3 Å². The monoisotopic (exact) mass is 631 g/mol. The Hall–Kier alpha value is -4.12. The number of nitrogens with zero attached hydrogens (tertiary/aromatic N) is 4. The molecule has 5 aromatic rings. The maximum Gasteiger partial charge on any atom is 0.138 e. The van der Waals surface area contributed by atoms with Crippen LogP contribution in [0.4, 0.5) is 5.69 Å². The molecule has 0 bridgehead atoms. The van der Waals surface area contributed by atoms with Crippen molar-refractivity contribution in [1.82, 2.24) is 19.7 Å². The molecule has 0 saturated carbocycles. The Morgan fingerprint density at radius 3 is 2.48 bits per heavy atom. The molecule has 0 radical (unpaired) electrons. The number of imidazole rings is 1. The van der Waals surface area contributed by atoms with Gasteiger partial charge >= 0.3 is 0 Å². The second-order valence-electron chi connectivity index (χ2n) is 11.7. The average Bonchev–Trinajstić information content (AvgIpc) is 3.50. The summed E-state index contributed by atoms with van der Waals surface area (Å²) in [7, 11) is 3.74. The molecule has 2 heterocycles. The minimum absolute atomic E-state index is 0.446. The van der Waals surface area contributed by atoms with Gasteiger partial charge in [0.1, 0.15) is 24.0 Å². The predicted molar refractivity (Wildman–Crippen MR) is 179 cm³/mol. The summed E-state index contributed by atoms with van der Waals surface area (Å²) in [5, 5.41) is 13.6. The van der Waals surface area contributed by atoms with Gasteiger partial charge in [0.05, 0.1) is 55.8 Å². The predicted octanol–water partition coefficient (Wildman–Crippen LogP) is 7.76. The molecule has 11 heteroatoms. The Labute approximate surface area is 264 Å². The molecule has 0 aliphatic rings. The Bertz CT molecular complexity index is 1750. The fraction of sp³-hybridized carbons (Fsp3) is 0.303. The highest BCUT2D eigenvalue weighted by Crippen LogP contribution is 2.40. The van der Waals surface area contributed by atoms with Crippen molar-refractivity contribution < 1.29 is 18.9 Å². The maximum absolute atomic E-state index is 6.63. The lowest BCUT2D eigenvalue weighted by atomic mass is 9.96. The lowest BCUT2D eigenvalue weighted by molar-refractivity contribution is 0.0872. The van der Waals surface area contributed by atoms with Crippen molar-refractivity contribution in [2.45, 2.75) is 39.0 Å². The minimum Gasteiger partial charge on any atom is -0.497 e. The van der Waals surface area contributed by atoms with Gasteiger partial charge < -0.3 is 28.8 Å². The van der Waals surface area contributed by atoms with E-state index in [4.69, 9.17) is 35.5 Å². The molecule has 44 heavy (non-hydrogen) atoms. The lowest BCUT2D eigenvalue weighted by Gasteiger charge is -2.15. The molecular weight excluding hydrogens is 594 g/mol. The summed E-state index contributed by atoms with van der Waals surface area (Å²) in [6.45, 7) is 8.76. The molecule has 0 saturated heterocycles. The van der Waals surface area contributed by atoms with Crippen molar-refractivity contribution in [2.24, 2.45) is 0 Å². The zero-order valence-corrected chi connectivity index (χ0v) is 27.7. The van der Waals surface area contributed by atoms with Crippen molar-refractivity contribution in [2.75, 3.05) is 33.3 Å². The smallest absolute Gasteiger partial charge is 0.138 e. The molecule has 2 aromatic heterocycles. The fourth-order valence-electron chi connectivity index (χ4n) is 4.84. The second kappa shape index (κ2) is 13.7. The molecule has 0 atom stereocenters. The van der Waals surface area contributed by atoms with Crippen molar-refractivity contribution in [3.8, 4) is 39.6 Å². The number of aromatic nitrogens is 4. The van der Waals surface area contributed by atoms with Crippen molar-refractivity contribution in [3.05, 3.63) is 77.8 Å². The average molecular weight is 632 g/mol. The first kappa shape index (κ1) is 31.3. The molecule has 0 spiro atoms. The van der Waals surface area contributed by atoms with E-state index in [1.165, 1.54) is 0 Å². The van der Waals surface area contributed by atoms with Crippen LogP contribution >= 0.6 is 11.6 Å². The molecule has 0 fully saturated rings. The number of hydrogen-bond donors (Lipinski definition) is 1. The molecule has 0 amide bonds.